The van der Waals surface area contributed by atoms with E-state index in [1.807, 2.05) is 13.8 Å². The molecule has 0 aromatic carbocycles. The predicted molar refractivity (Wildman–Crippen MR) is 166 cm³/mol. The third-order valence-corrected chi connectivity index (χ3v) is 6.68. The molecule has 17 heteroatoms. The predicted octanol–water partition coefficient (Wildman–Crippen LogP) is -2.20. The quantitative estimate of drug-likeness (QED) is 0.0377. The Bertz CT molecular complexity index is 957. The van der Waals surface area contributed by atoms with Crippen LogP contribution in [-0.2, 0) is 19.2 Å². The minimum atomic E-state index is -1.03. The topological polar surface area (TPSA) is 302 Å². The lowest BCUT2D eigenvalue weighted by Gasteiger charge is -2.25. The van der Waals surface area contributed by atoms with Gasteiger partial charge in [0.25, 0.3) is 0 Å². The van der Waals surface area contributed by atoms with Crippen LogP contribution in [0.4, 0.5) is 0 Å². The van der Waals surface area contributed by atoms with E-state index in [4.69, 9.17) is 33.4 Å². The van der Waals surface area contributed by atoms with Gasteiger partial charge in [-0.15, -0.1) is 0 Å². The first-order valence-corrected chi connectivity index (χ1v) is 14.5. The number of carbonyl (C=O) groups excluding carboxylic acids is 4. The highest BCUT2D eigenvalue weighted by atomic mass is 16.2. The molecule has 0 aromatic heterocycles. The maximum Gasteiger partial charge on any atom is 0.243 e. The van der Waals surface area contributed by atoms with Crippen molar-refractivity contribution in [3.63, 3.8) is 0 Å². The smallest absolute Gasteiger partial charge is 0.243 e. The molecule has 0 spiro atoms. The van der Waals surface area contributed by atoms with Gasteiger partial charge in [-0.2, -0.15) is 0 Å². The molecule has 0 bridgehead atoms. The monoisotopic (exact) mass is 611 g/mol. The van der Waals surface area contributed by atoms with E-state index >= 15 is 0 Å². The Morgan fingerprint density at radius 2 is 1.09 bits per heavy atom. The van der Waals surface area contributed by atoms with Crippen LogP contribution in [0.3, 0.4) is 0 Å². The van der Waals surface area contributed by atoms with Gasteiger partial charge in [0.2, 0.25) is 23.6 Å². The summed E-state index contributed by atoms with van der Waals surface area (Å²) in [7, 11) is 0. The highest BCUT2D eigenvalue weighted by Gasteiger charge is 2.29. The number of nitrogens with two attached hydrogens (primary N) is 3. The minimum absolute atomic E-state index is 0.135. The Morgan fingerprint density at radius 1 is 0.674 bits per heavy atom. The van der Waals surface area contributed by atoms with Gasteiger partial charge < -0.3 is 54.4 Å². The van der Waals surface area contributed by atoms with Crippen molar-refractivity contribution >= 4 is 41.5 Å². The zero-order valence-corrected chi connectivity index (χ0v) is 25.9. The first-order chi connectivity index (χ1) is 20.1. The zero-order valence-electron chi connectivity index (χ0n) is 25.9. The number of hydrogen-bond donors (Lipinski definition) is 13. The van der Waals surface area contributed by atoms with Gasteiger partial charge in [-0.1, -0.05) is 20.8 Å². The molecule has 0 fully saturated rings. The van der Waals surface area contributed by atoms with Gasteiger partial charge in [-0.05, 0) is 51.9 Å². The number of nitrogens with one attached hydrogen (secondary N) is 10. The summed E-state index contributed by atoms with van der Waals surface area (Å²) in [5.41, 5.74) is 15.3. The van der Waals surface area contributed by atoms with Gasteiger partial charge in [0.05, 0.1) is 6.54 Å². The summed E-state index contributed by atoms with van der Waals surface area (Å²) in [6, 6.07) is -2.21. The fourth-order valence-electron chi connectivity index (χ4n) is 3.72. The Labute approximate surface area is 253 Å². The fourth-order valence-corrected chi connectivity index (χ4v) is 3.72. The van der Waals surface area contributed by atoms with E-state index in [2.05, 4.69) is 37.2 Å². The molecule has 0 aliphatic rings. The second kappa shape index (κ2) is 20.5. The van der Waals surface area contributed by atoms with Gasteiger partial charge in [0.15, 0.2) is 17.9 Å². The number of carbonyl (C=O) groups is 4. The minimum Gasteiger partial charge on any atom is -0.370 e. The molecule has 246 valence electrons. The molecule has 17 nitrogen and oxygen atoms in total. The van der Waals surface area contributed by atoms with Crippen LogP contribution in [0.5, 0.6) is 0 Å². The first kappa shape index (κ1) is 38.7. The van der Waals surface area contributed by atoms with E-state index in [0.29, 0.717) is 45.2 Å². The van der Waals surface area contributed by atoms with Crippen molar-refractivity contribution in [2.24, 2.45) is 22.6 Å². The summed E-state index contributed by atoms with van der Waals surface area (Å²) in [6.45, 7) is 7.96. The molecule has 0 saturated heterocycles. The van der Waals surface area contributed by atoms with Crippen molar-refractivity contribution in [1.82, 2.24) is 37.2 Å². The van der Waals surface area contributed by atoms with E-state index in [9.17, 15) is 19.2 Å². The van der Waals surface area contributed by atoms with Gasteiger partial charge in [-0.3, -0.25) is 35.4 Å². The average molecular weight is 612 g/mol. The van der Waals surface area contributed by atoms with Crippen LogP contribution in [0.25, 0.3) is 0 Å². The summed E-state index contributed by atoms with van der Waals surface area (Å²) in [6.07, 6.45) is 3.01. The highest BCUT2D eigenvalue weighted by Crippen LogP contribution is 2.19. The van der Waals surface area contributed by atoms with Crippen LogP contribution in [0, 0.1) is 21.6 Å². The summed E-state index contributed by atoms with van der Waals surface area (Å²) in [5.74, 6) is -2.44. The van der Waals surface area contributed by atoms with Crippen LogP contribution in [0.2, 0.25) is 0 Å². The Hall–Kier alpha value is -4.31. The van der Waals surface area contributed by atoms with Crippen molar-refractivity contribution < 1.29 is 19.2 Å². The Balaban J connectivity index is 5.50. The van der Waals surface area contributed by atoms with Crippen LogP contribution in [0.15, 0.2) is 0 Å². The van der Waals surface area contributed by atoms with E-state index < -0.39 is 35.2 Å². The lowest BCUT2D eigenvalue weighted by Crippen LogP contribution is -2.56. The van der Waals surface area contributed by atoms with Crippen molar-refractivity contribution in [1.29, 1.82) is 16.2 Å². The largest absolute Gasteiger partial charge is 0.370 e. The summed E-state index contributed by atoms with van der Waals surface area (Å²) in [5, 5.41) is 40.7. The third kappa shape index (κ3) is 18.7. The van der Waals surface area contributed by atoms with Crippen LogP contribution in [0.1, 0.15) is 72.6 Å². The Kier molecular flexibility index (Phi) is 18.5. The molecule has 16 N–H and O–H groups in total. The van der Waals surface area contributed by atoms with Gasteiger partial charge >= 0.3 is 0 Å². The number of guanidine groups is 3. The standard InChI is InChI=1S/C26H53N13O4/c1-5-26(3,4)22(43)36-15-19(40)38-17(10-7-13-34-24(29)30)21(42)39-18(11-8-14-35-25(31)32)20(41)37-16(2)9-6-12-33-23(27)28/h16-18H,5-15H2,1-4H3,(H,36,43)(H,37,41)(H,38,40)(H,39,42)(H4,27,28,33)(H4,29,30,34)(H4,31,32,35). The third-order valence-electron chi connectivity index (χ3n) is 6.68. The van der Waals surface area contributed by atoms with Crippen molar-refractivity contribution in [2.75, 3.05) is 26.2 Å². The van der Waals surface area contributed by atoms with Gasteiger partial charge in [-0.25, -0.2) is 0 Å². The maximum atomic E-state index is 13.4. The van der Waals surface area contributed by atoms with Crippen molar-refractivity contribution in [3.8, 4) is 0 Å². The SMILES string of the molecule is CCC(C)(C)C(=O)NCC(=O)NC(CCCNC(=N)N)C(=O)NC(CCCNC(=N)N)C(=O)NC(C)CCCNC(=N)N. The van der Waals surface area contributed by atoms with Crippen LogP contribution >= 0.6 is 0 Å². The van der Waals surface area contributed by atoms with Crippen molar-refractivity contribution in [3.05, 3.63) is 0 Å². The van der Waals surface area contributed by atoms with E-state index in [1.54, 1.807) is 13.8 Å². The van der Waals surface area contributed by atoms with Gasteiger partial charge in [0.1, 0.15) is 12.1 Å². The molecular weight excluding hydrogens is 558 g/mol. The second-order valence-corrected chi connectivity index (χ2v) is 11.0. The lowest BCUT2D eigenvalue weighted by molar-refractivity contribution is -0.134. The molecule has 4 amide bonds. The number of amides is 4. The lowest BCUT2D eigenvalue weighted by atomic mass is 9.89. The number of rotatable bonds is 21. The molecule has 3 atom stereocenters. The first-order valence-electron chi connectivity index (χ1n) is 14.5. The van der Waals surface area contributed by atoms with Crippen LogP contribution in [-0.4, -0.2) is 85.8 Å². The summed E-state index contributed by atoms with van der Waals surface area (Å²) in [4.78, 5) is 51.6. The molecule has 3 unspecified atom stereocenters. The second-order valence-electron chi connectivity index (χ2n) is 11.0. The number of hydrogen-bond acceptors (Lipinski definition) is 7. The van der Waals surface area contributed by atoms with E-state index in [0.717, 1.165) is 0 Å². The van der Waals surface area contributed by atoms with E-state index in [-0.39, 0.29) is 55.8 Å². The Morgan fingerprint density at radius 3 is 1.53 bits per heavy atom. The molecule has 0 aromatic rings. The molecule has 0 saturated carbocycles. The molecule has 0 rings (SSSR count). The van der Waals surface area contributed by atoms with Crippen molar-refractivity contribution in [2.45, 2.75) is 90.8 Å². The zero-order chi connectivity index (χ0) is 33.0. The normalized spacial score (nSPS) is 12.9. The molecular formula is C26H53N13O4. The molecule has 43 heavy (non-hydrogen) atoms. The molecule has 0 radical (unpaired) electrons. The summed E-state index contributed by atoms with van der Waals surface area (Å²) < 4.78 is 0. The van der Waals surface area contributed by atoms with Crippen LogP contribution < -0.4 is 54.4 Å². The van der Waals surface area contributed by atoms with E-state index in [1.165, 1.54) is 0 Å². The molecule has 0 aliphatic heterocycles. The van der Waals surface area contributed by atoms with Gasteiger partial charge in [0, 0.05) is 31.1 Å². The maximum absolute atomic E-state index is 13.4. The fraction of sp³-hybridized carbons (Fsp3) is 0.731. The molecule has 0 heterocycles. The summed E-state index contributed by atoms with van der Waals surface area (Å²) >= 11 is 0. The average Bonchev–Trinajstić information content (AvgIpc) is 2.92. The molecule has 0 aliphatic carbocycles. The highest BCUT2D eigenvalue weighted by molar-refractivity contribution is 5.93.